The van der Waals surface area contributed by atoms with E-state index in [1.807, 2.05) is 19.9 Å². The molecule has 3 heterocycles. The van der Waals surface area contributed by atoms with Gasteiger partial charge in [-0.05, 0) is 18.1 Å². The molecule has 3 rings (SSSR count). The number of hydrogen-bond donors (Lipinski definition) is 3. The summed E-state index contributed by atoms with van der Waals surface area (Å²) < 4.78 is 16.8. The Morgan fingerprint density at radius 2 is 2.21 bits per heavy atom. The zero-order valence-corrected chi connectivity index (χ0v) is 15.3. The summed E-state index contributed by atoms with van der Waals surface area (Å²) in [5.74, 6) is 0.307. The van der Waals surface area contributed by atoms with Crippen LogP contribution in [0.5, 0.6) is 0 Å². The molecule has 2 aromatic rings. The molecule has 1 aliphatic heterocycles. The number of anilines is 1. The molecule has 11 heteroatoms. The van der Waals surface area contributed by atoms with Crippen LogP contribution in [0.3, 0.4) is 0 Å². The third kappa shape index (κ3) is 3.33. The predicted molar refractivity (Wildman–Crippen MR) is 93.7 cm³/mol. The van der Waals surface area contributed by atoms with Crippen molar-refractivity contribution in [3.05, 3.63) is 24.2 Å². The third-order valence-corrected chi connectivity index (χ3v) is 4.39. The summed E-state index contributed by atoms with van der Waals surface area (Å²) in [6, 6.07) is 4.97. The second-order valence-electron chi connectivity index (χ2n) is 6.87. The number of ether oxygens (including phenoxy) is 3. The van der Waals surface area contributed by atoms with Gasteiger partial charge in [-0.2, -0.15) is 10.4 Å². The van der Waals surface area contributed by atoms with Gasteiger partial charge in [0.1, 0.15) is 42.8 Å². The lowest BCUT2D eigenvalue weighted by Crippen LogP contribution is -2.41. The molecule has 0 aromatic carbocycles. The number of aromatic nitrogens is 3. The van der Waals surface area contributed by atoms with E-state index in [0.717, 1.165) is 0 Å². The largest absolute Gasteiger partial charge is 0.508 e. The van der Waals surface area contributed by atoms with Crippen LogP contribution in [0.25, 0.3) is 5.52 Å². The van der Waals surface area contributed by atoms with Gasteiger partial charge in [-0.1, -0.05) is 13.8 Å². The highest BCUT2D eigenvalue weighted by molar-refractivity contribution is 5.66. The van der Waals surface area contributed by atoms with Gasteiger partial charge in [0.2, 0.25) is 5.60 Å². The fourth-order valence-electron chi connectivity index (χ4n) is 2.98. The lowest BCUT2D eigenvalue weighted by Gasteiger charge is -2.24. The van der Waals surface area contributed by atoms with Gasteiger partial charge in [-0.25, -0.2) is 14.3 Å². The minimum atomic E-state index is -1.94. The zero-order valence-electron chi connectivity index (χ0n) is 15.3. The Bertz CT molecular complexity index is 909. The average molecular weight is 391 g/mol. The molecule has 0 bridgehead atoms. The molecule has 1 aliphatic rings. The predicted octanol–water partition coefficient (Wildman–Crippen LogP) is -0.0398. The molecule has 0 unspecified atom stereocenters. The lowest BCUT2D eigenvalue weighted by atomic mass is 9.92. The van der Waals surface area contributed by atoms with Crippen LogP contribution < -0.4 is 5.73 Å². The second kappa shape index (κ2) is 7.59. The Hall–Kier alpha value is -2.94. The van der Waals surface area contributed by atoms with Crippen molar-refractivity contribution in [3.63, 3.8) is 0 Å². The van der Waals surface area contributed by atoms with Crippen LogP contribution in [0.4, 0.5) is 10.6 Å². The van der Waals surface area contributed by atoms with Gasteiger partial charge in [0, 0.05) is 0 Å². The van der Waals surface area contributed by atoms with E-state index >= 15 is 0 Å². The Kier molecular flexibility index (Phi) is 5.37. The van der Waals surface area contributed by atoms with Gasteiger partial charge in [0.15, 0.2) is 5.82 Å². The zero-order chi connectivity index (χ0) is 20.5. The number of nitrogens with zero attached hydrogens (tertiary/aromatic N) is 4. The van der Waals surface area contributed by atoms with E-state index in [1.165, 1.54) is 16.9 Å². The maximum atomic E-state index is 11.6. The van der Waals surface area contributed by atoms with Crippen molar-refractivity contribution in [2.24, 2.45) is 5.92 Å². The molecule has 28 heavy (non-hydrogen) atoms. The Morgan fingerprint density at radius 1 is 1.46 bits per heavy atom. The van der Waals surface area contributed by atoms with E-state index in [-0.39, 0.29) is 24.0 Å². The summed E-state index contributed by atoms with van der Waals surface area (Å²) >= 11 is 0. The first-order chi connectivity index (χ1) is 13.3. The maximum Gasteiger partial charge on any atom is 0.508 e. The number of carbonyl (C=O) groups excluding carboxylic acids is 1. The number of nitrogens with two attached hydrogens (primary N) is 1. The van der Waals surface area contributed by atoms with Crippen LogP contribution in [-0.2, 0) is 19.8 Å². The monoisotopic (exact) mass is 391 g/mol. The van der Waals surface area contributed by atoms with Gasteiger partial charge in [0.25, 0.3) is 0 Å². The first-order valence-corrected chi connectivity index (χ1v) is 8.63. The highest BCUT2D eigenvalue weighted by atomic mass is 16.7. The number of hydrogen-bond acceptors (Lipinski definition) is 10. The third-order valence-electron chi connectivity index (χ3n) is 4.39. The fourth-order valence-corrected chi connectivity index (χ4v) is 2.98. The summed E-state index contributed by atoms with van der Waals surface area (Å²) in [7, 11) is 0. The molecule has 0 saturated carbocycles. The van der Waals surface area contributed by atoms with Gasteiger partial charge in [0.05, 0.1) is 12.3 Å². The molecule has 0 spiro atoms. The molecule has 0 radical (unpaired) electrons. The van der Waals surface area contributed by atoms with Gasteiger partial charge >= 0.3 is 6.16 Å². The summed E-state index contributed by atoms with van der Waals surface area (Å²) in [5, 5.41) is 34.7. The van der Waals surface area contributed by atoms with Crippen molar-refractivity contribution in [2.45, 2.75) is 37.8 Å². The Balaban J connectivity index is 1.82. The van der Waals surface area contributed by atoms with Crippen molar-refractivity contribution in [2.75, 3.05) is 18.9 Å². The highest BCUT2D eigenvalue weighted by Gasteiger charge is 2.57. The highest BCUT2D eigenvalue weighted by Crippen LogP contribution is 2.40. The molecule has 2 aromatic heterocycles. The fraction of sp³-hybridized carbons (Fsp3) is 0.529. The summed E-state index contributed by atoms with van der Waals surface area (Å²) in [4.78, 5) is 15.5. The van der Waals surface area contributed by atoms with E-state index < -0.39 is 36.7 Å². The van der Waals surface area contributed by atoms with Gasteiger partial charge in [-0.15, -0.1) is 0 Å². The minimum Gasteiger partial charge on any atom is -0.434 e. The maximum absolute atomic E-state index is 11.6. The molecular weight excluding hydrogens is 370 g/mol. The van der Waals surface area contributed by atoms with Crippen LogP contribution in [0.1, 0.15) is 19.5 Å². The number of nitrogen functional groups attached to an aromatic ring is 1. The normalized spacial score (nSPS) is 27.1. The van der Waals surface area contributed by atoms with Crippen LogP contribution in [0, 0.1) is 17.2 Å². The van der Waals surface area contributed by atoms with Gasteiger partial charge < -0.3 is 30.2 Å². The van der Waals surface area contributed by atoms with E-state index in [4.69, 9.17) is 19.9 Å². The standard InChI is InChI=1S/C17H21N5O6/c1-9(2)5-26-16(25)27-6-11-13(23)14(24)17(7-18,28-11)12-4-3-10-15(19)20-8-21-22(10)12/h3-4,8-9,11,13-14,23-24H,5-6H2,1-2H3,(H2,19,20,21)/t11-,13-,14-,17+/m1/s1. The van der Waals surface area contributed by atoms with E-state index in [2.05, 4.69) is 10.1 Å². The van der Waals surface area contributed by atoms with Crippen LogP contribution in [0.15, 0.2) is 18.5 Å². The van der Waals surface area contributed by atoms with Crippen LogP contribution >= 0.6 is 0 Å². The molecular formula is C17H21N5O6. The van der Waals surface area contributed by atoms with Crippen LogP contribution in [-0.4, -0.2) is 62.5 Å². The van der Waals surface area contributed by atoms with E-state index in [9.17, 15) is 20.3 Å². The SMILES string of the molecule is CC(C)COC(=O)OC[C@H]1O[C@@](C#N)(c2ccc3c(N)ncnn23)[C@H](O)[C@@H]1O. The number of aliphatic hydroxyl groups excluding tert-OH is 2. The molecule has 1 saturated heterocycles. The minimum absolute atomic E-state index is 0.131. The average Bonchev–Trinajstić information content (AvgIpc) is 3.21. The van der Waals surface area contributed by atoms with Gasteiger partial charge in [-0.3, -0.25) is 0 Å². The topological polar surface area (TPSA) is 165 Å². The number of fused-ring (bicyclic) bond motifs is 1. The molecule has 0 amide bonds. The Labute approximate surface area is 160 Å². The summed E-state index contributed by atoms with van der Waals surface area (Å²) in [5.41, 5.74) is 4.43. The van der Waals surface area contributed by atoms with Crippen molar-refractivity contribution in [1.29, 1.82) is 5.26 Å². The molecule has 4 atom stereocenters. The molecule has 11 nitrogen and oxygen atoms in total. The Morgan fingerprint density at radius 3 is 2.89 bits per heavy atom. The number of carbonyl (C=O) groups is 1. The summed E-state index contributed by atoms with van der Waals surface area (Å²) in [6.07, 6.45) is -3.98. The van der Waals surface area contributed by atoms with E-state index in [0.29, 0.717) is 5.52 Å². The summed E-state index contributed by atoms with van der Waals surface area (Å²) in [6.45, 7) is 3.51. The van der Waals surface area contributed by atoms with Crippen molar-refractivity contribution >= 4 is 17.5 Å². The van der Waals surface area contributed by atoms with Crippen LogP contribution in [0.2, 0.25) is 0 Å². The smallest absolute Gasteiger partial charge is 0.434 e. The molecule has 0 aliphatic carbocycles. The number of nitriles is 1. The molecule has 4 N–H and O–H groups in total. The van der Waals surface area contributed by atoms with Crippen molar-refractivity contribution < 1.29 is 29.2 Å². The number of aliphatic hydroxyl groups is 2. The lowest BCUT2D eigenvalue weighted by molar-refractivity contribution is -0.0724. The quantitative estimate of drug-likeness (QED) is 0.589. The number of rotatable bonds is 5. The van der Waals surface area contributed by atoms with Crippen molar-refractivity contribution in [3.8, 4) is 6.07 Å². The second-order valence-corrected chi connectivity index (χ2v) is 6.87. The van der Waals surface area contributed by atoms with Crippen molar-refractivity contribution in [1.82, 2.24) is 14.6 Å². The first kappa shape index (κ1) is 19.8. The molecule has 1 fully saturated rings. The molecule has 150 valence electrons. The first-order valence-electron chi connectivity index (χ1n) is 8.63. The van der Waals surface area contributed by atoms with E-state index in [1.54, 1.807) is 6.07 Å².